The Morgan fingerprint density at radius 1 is 1.08 bits per heavy atom. The molecule has 0 radical (unpaired) electrons. The number of nitrogens with zero attached hydrogens (tertiary/aromatic N) is 1. The summed E-state index contributed by atoms with van der Waals surface area (Å²) in [5, 5.41) is 0. The number of carbonyl (C=O) groups excluding carboxylic acids is 2. The molecule has 0 saturated carbocycles. The van der Waals surface area contributed by atoms with Crippen molar-refractivity contribution in [2.45, 2.75) is 19.4 Å². The van der Waals surface area contributed by atoms with Gasteiger partial charge in [-0.05, 0) is 42.7 Å². The van der Waals surface area contributed by atoms with E-state index in [1.807, 2.05) is 30.3 Å². The molecule has 1 unspecified atom stereocenters. The number of piperidine rings is 1. The van der Waals surface area contributed by atoms with Crippen molar-refractivity contribution < 1.29 is 19.1 Å². The highest BCUT2D eigenvalue weighted by Gasteiger charge is 2.29. The Morgan fingerprint density at radius 3 is 2.50 bits per heavy atom. The largest absolute Gasteiger partial charge is 0.497 e. The van der Waals surface area contributed by atoms with Crippen molar-refractivity contribution in [1.29, 1.82) is 0 Å². The van der Waals surface area contributed by atoms with Crippen molar-refractivity contribution >= 4 is 11.9 Å². The van der Waals surface area contributed by atoms with Gasteiger partial charge in [0.05, 0.1) is 7.11 Å². The first-order chi connectivity index (χ1) is 12.7. The second-order valence-corrected chi connectivity index (χ2v) is 6.42. The van der Waals surface area contributed by atoms with Gasteiger partial charge in [-0.25, -0.2) is 4.79 Å². The van der Waals surface area contributed by atoms with E-state index < -0.39 is 0 Å². The van der Waals surface area contributed by atoms with Gasteiger partial charge in [0.1, 0.15) is 12.4 Å². The summed E-state index contributed by atoms with van der Waals surface area (Å²) >= 11 is 0. The maximum atomic E-state index is 12.7. The molecule has 2 aromatic carbocycles. The van der Waals surface area contributed by atoms with Gasteiger partial charge in [0.15, 0.2) is 5.78 Å². The minimum Gasteiger partial charge on any atom is -0.497 e. The molecular formula is C21H23NO4. The fraction of sp³-hybridized carbons (Fsp3) is 0.333. The number of hydrogen-bond acceptors (Lipinski definition) is 4. The molecule has 0 bridgehead atoms. The lowest BCUT2D eigenvalue weighted by molar-refractivity contribution is 0.0687. The molecule has 1 atom stereocenters. The van der Waals surface area contributed by atoms with Crippen molar-refractivity contribution in [1.82, 2.24) is 4.90 Å². The summed E-state index contributed by atoms with van der Waals surface area (Å²) in [6, 6.07) is 16.7. The number of carbonyl (C=O) groups is 2. The lowest BCUT2D eigenvalue weighted by Crippen LogP contribution is -2.42. The zero-order valence-electron chi connectivity index (χ0n) is 14.9. The second kappa shape index (κ2) is 8.52. The average Bonchev–Trinajstić information content (AvgIpc) is 2.72. The van der Waals surface area contributed by atoms with Gasteiger partial charge < -0.3 is 14.4 Å². The molecule has 0 aromatic heterocycles. The van der Waals surface area contributed by atoms with E-state index in [2.05, 4.69) is 0 Å². The third-order valence-electron chi connectivity index (χ3n) is 4.63. The van der Waals surface area contributed by atoms with Gasteiger partial charge >= 0.3 is 6.09 Å². The molecule has 1 aliphatic heterocycles. The molecule has 136 valence electrons. The summed E-state index contributed by atoms with van der Waals surface area (Å²) in [4.78, 5) is 26.7. The normalized spacial score (nSPS) is 16.8. The molecule has 1 amide bonds. The van der Waals surface area contributed by atoms with Crippen molar-refractivity contribution in [3.05, 3.63) is 65.7 Å². The van der Waals surface area contributed by atoms with Crippen LogP contribution in [-0.2, 0) is 11.3 Å². The third kappa shape index (κ3) is 4.42. The monoisotopic (exact) mass is 353 g/mol. The first kappa shape index (κ1) is 18.0. The third-order valence-corrected chi connectivity index (χ3v) is 4.63. The Kier molecular flexibility index (Phi) is 5.89. The smallest absolute Gasteiger partial charge is 0.410 e. The topological polar surface area (TPSA) is 55.8 Å². The summed E-state index contributed by atoms with van der Waals surface area (Å²) < 4.78 is 10.5. The van der Waals surface area contributed by atoms with Crippen LogP contribution in [-0.4, -0.2) is 37.0 Å². The lowest BCUT2D eigenvalue weighted by Gasteiger charge is -2.31. The van der Waals surface area contributed by atoms with Crippen molar-refractivity contribution in [2.24, 2.45) is 5.92 Å². The second-order valence-electron chi connectivity index (χ2n) is 6.42. The molecule has 0 N–H and O–H groups in total. The Hall–Kier alpha value is -2.82. The Labute approximate surface area is 153 Å². The molecule has 3 rings (SSSR count). The molecular weight excluding hydrogens is 330 g/mol. The fourth-order valence-corrected chi connectivity index (χ4v) is 3.16. The number of rotatable bonds is 5. The number of hydrogen-bond donors (Lipinski definition) is 0. The molecule has 1 heterocycles. The molecule has 26 heavy (non-hydrogen) atoms. The van der Waals surface area contributed by atoms with Gasteiger partial charge in [-0.3, -0.25) is 4.79 Å². The van der Waals surface area contributed by atoms with E-state index >= 15 is 0 Å². The maximum Gasteiger partial charge on any atom is 0.410 e. The first-order valence-corrected chi connectivity index (χ1v) is 8.81. The van der Waals surface area contributed by atoms with Crippen LogP contribution in [0.25, 0.3) is 0 Å². The molecule has 1 aliphatic rings. The summed E-state index contributed by atoms with van der Waals surface area (Å²) in [5.41, 5.74) is 1.60. The van der Waals surface area contributed by atoms with E-state index in [1.165, 1.54) is 0 Å². The summed E-state index contributed by atoms with van der Waals surface area (Å²) in [6.07, 6.45) is 1.22. The minimum absolute atomic E-state index is 0.0632. The van der Waals surface area contributed by atoms with Gasteiger partial charge in [0.25, 0.3) is 0 Å². The van der Waals surface area contributed by atoms with Crippen LogP contribution in [0.1, 0.15) is 28.8 Å². The molecule has 5 heteroatoms. The predicted octanol–water partition coefficient (Wildman–Crippen LogP) is 3.93. The molecule has 5 nitrogen and oxygen atoms in total. The number of ether oxygens (including phenoxy) is 2. The number of benzene rings is 2. The highest BCUT2D eigenvalue weighted by molar-refractivity contribution is 5.98. The van der Waals surface area contributed by atoms with Crippen LogP contribution in [0, 0.1) is 5.92 Å². The summed E-state index contributed by atoms with van der Waals surface area (Å²) in [5.74, 6) is 0.589. The summed E-state index contributed by atoms with van der Waals surface area (Å²) in [6.45, 7) is 1.27. The van der Waals surface area contributed by atoms with E-state index in [9.17, 15) is 9.59 Å². The van der Waals surface area contributed by atoms with E-state index in [0.717, 1.165) is 24.2 Å². The van der Waals surface area contributed by atoms with Gasteiger partial charge in [-0.15, -0.1) is 0 Å². The SMILES string of the molecule is COc1ccc(C(=O)C2CCCN(C(=O)OCc3ccccc3)C2)cc1. The molecule has 1 saturated heterocycles. The zero-order chi connectivity index (χ0) is 18.4. The average molecular weight is 353 g/mol. The number of Topliss-reactive ketones (excluding diaryl/α,β-unsaturated/α-hetero) is 1. The molecule has 2 aromatic rings. The van der Waals surface area contributed by atoms with E-state index in [1.54, 1.807) is 36.3 Å². The van der Waals surface area contributed by atoms with Crippen molar-refractivity contribution in [3.63, 3.8) is 0 Å². The highest BCUT2D eigenvalue weighted by atomic mass is 16.6. The van der Waals surface area contributed by atoms with E-state index in [0.29, 0.717) is 18.7 Å². The first-order valence-electron chi connectivity index (χ1n) is 8.81. The van der Waals surface area contributed by atoms with Crippen LogP contribution in [0.4, 0.5) is 4.79 Å². The number of likely N-dealkylation sites (tertiary alicyclic amines) is 1. The van der Waals surface area contributed by atoms with Crippen LogP contribution >= 0.6 is 0 Å². The van der Waals surface area contributed by atoms with Crippen LogP contribution in [0.3, 0.4) is 0 Å². The standard InChI is InChI=1S/C21H23NO4/c1-25-19-11-9-17(10-12-19)20(23)18-8-5-13-22(14-18)21(24)26-15-16-6-3-2-4-7-16/h2-4,6-7,9-12,18H,5,8,13-15H2,1H3. The lowest BCUT2D eigenvalue weighted by atomic mass is 9.90. The van der Waals surface area contributed by atoms with Crippen LogP contribution < -0.4 is 4.74 Å². The van der Waals surface area contributed by atoms with Gasteiger partial charge in [-0.2, -0.15) is 0 Å². The maximum absolute atomic E-state index is 12.7. The molecule has 0 aliphatic carbocycles. The zero-order valence-corrected chi connectivity index (χ0v) is 14.9. The van der Waals surface area contributed by atoms with Crippen LogP contribution in [0.5, 0.6) is 5.75 Å². The van der Waals surface area contributed by atoms with Gasteiger partial charge in [0, 0.05) is 24.6 Å². The van der Waals surface area contributed by atoms with Crippen LogP contribution in [0.2, 0.25) is 0 Å². The molecule has 1 fully saturated rings. The van der Waals surface area contributed by atoms with Gasteiger partial charge in [-0.1, -0.05) is 30.3 Å². The summed E-state index contributed by atoms with van der Waals surface area (Å²) in [7, 11) is 1.59. The van der Waals surface area contributed by atoms with Gasteiger partial charge in [0.2, 0.25) is 0 Å². The van der Waals surface area contributed by atoms with Crippen LogP contribution in [0.15, 0.2) is 54.6 Å². The van der Waals surface area contributed by atoms with E-state index in [-0.39, 0.29) is 24.4 Å². The Balaban J connectivity index is 1.57. The minimum atomic E-state index is -0.360. The Bertz CT molecular complexity index is 742. The quantitative estimate of drug-likeness (QED) is 0.765. The molecule has 0 spiro atoms. The predicted molar refractivity (Wildman–Crippen MR) is 98.2 cm³/mol. The van der Waals surface area contributed by atoms with Crippen molar-refractivity contribution in [2.75, 3.05) is 20.2 Å². The number of methoxy groups -OCH3 is 1. The van der Waals surface area contributed by atoms with Crippen molar-refractivity contribution in [3.8, 4) is 5.75 Å². The number of amides is 1. The Morgan fingerprint density at radius 2 is 1.81 bits per heavy atom. The van der Waals surface area contributed by atoms with E-state index in [4.69, 9.17) is 9.47 Å². The fourth-order valence-electron chi connectivity index (χ4n) is 3.16. The highest BCUT2D eigenvalue weighted by Crippen LogP contribution is 2.23. The number of ketones is 1.